The predicted molar refractivity (Wildman–Crippen MR) is 58.9 cm³/mol. The van der Waals surface area contributed by atoms with Gasteiger partial charge in [-0.15, -0.1) is 0 Å². The van der Waals surface area contributed by atoms with E-state index < -0.39 is 5.97 Å². The number of carboxylic acids is 1. The second-order valence-corrected chi connectivity index (χ2v) is 5.02. The SMILES string of the molecule is O=CN(CC(=O)O)C1CCC2CCCCC21. The van der Waals surface area contributed by atoms with E-state index in [1.165, 1.54) is 37.0 Å². The topological polar surface area (TPSA) is 57.6 Å². The maximum Gasteiger partial charge on any atom is 0.323 e. The van der Waals surface area contributed by atoms with Gasteiger partial charge in [-0.05, 0) is 31.1 Å². The Hall–Kier alpha value is -1.06. The standard InChI is InChI=1S/C12H19NO3/c14-8-13(7-12(15)16)11-6-5-9-3-1-2-4-10(9)11/h8-11H,1-7H2,(H,15,16). The summed E-state index contributed by atoms with van der Waals surface area (Å²) in [6.07, 6.45) is 7.84. The third kappa shape index (κ3) is 2.20. The molecule has 1 amide bonds. The van der Waals surface area contributed by atoms with Crippen molar-refractivity contribution in [3.63, 3.8) is 0 Å². The van der Waals surface area contributed by atoms with Gasteiger partial charge in [0.25, 0.3) is 0 Å². The first-order chi connectivity index (χ1) is 7.72. The number of hydrogen-bond acceptors (Lipinski definition) is 2. The largest absolute Gasteiger partial charge is 0.480 e. The van der Waals surface area contributed by atoms with Crippen molar-refractivity contribution in [2.75, 3.05) is 6.54 Å². The molecule has 0 spiro atoms. The first-order valence-electron chi connectivity index (χ1n) is 6.15. The minimum Gasteiger partial charge on any atom is -0.480 e. The van der Waals surface area contributed by atoms with Crippen molar-refractivity contribution in [3.8, 4) is 0 Å². The third-order valence-electron chi connectivity index (χ3n) is 4.17. The molecule has 16 heavy (non-hydrogen) atoms. The lowest BCUT2D eigenvalue weighted by Crippen LogP contribution is -2.41. The molecule has 2 saturated carbocycles. The Morgan fingerprint density at radius 3 is 2.69 bits per heavy atom. The average Bonchev–Trinajstić information content (AvgIpc) is 2.69. The zero-order chi connectivity index (χ0) is 11.5. The maximum absolute atomic E-state index is 11.0. The van der Waals surface area contributed by atoms with E-state index >= 15 is 0 Å². The average molecular weight is 225 g/mol. The van der Waals surface area contributed by atoms with Crippen LogP contribution in [0, 0.1) is 11.8 Å². The Balaban J connectivity index is 2.02. The van der Waals surface area contributed by atoms with Gasteiger partial charge in [0.2, 0.25) is 6.41 Å². The second kappa shape index (κ2) is 4.85. The summed E-state index contributed by atoms with van der Waals surface area (Å²) in [5.74, 6) is 0.375. The molecule has 2 fully saturated rings. The summed E-state index contributed by atoms with van der Waals surface area (Å²) in [7, 11) is 0. The number of carboxylic acid groups (broad SMARTS) is 1. The van der Waals surface area contributed by atoms with Crippen molar-refractivity contribution in [1.29, 1.82) is 0 Å². The van der Waals surface area contributed by atoms with Crippen LogP contribution in [0.1, 0.15) is 38.5 Å². The molecular weight excluding hydrogens is 206 g/mol. The lowest BCUT2D eigenvalue weighted by Gasteiger charge is -2.33. The summed E-state index contributed by atoms with van der Waals surface area (Å²) < 4.78 is 0. The highest BCUT2D eigenvalue weighted by Gasteiger charge is 2.40. The van der Waals surface area contributed by atoms with Crippen LogP contribution in [-0.2, 0) is 9.59 Å². The van der Waals surface area contributed by atoms with Gasteiger partial charge in [-0.1, -0.05) is 19.3 Å². The highest BCUT2D eigenvalue weighted by molar-refractivity contribution is 5.72. The zero-order valence-corrected chi connectivity index (χ0v) is 9.47. The molecule has 0 saturated heterocycles. The molecule has 0 radical (unpaired) electrons. The quantitative estimate of drug-likeness (QED) is 0.738. The summed E-state index contributed by atoms with van der Waals surface area (Å²) in [5.41, 5.74) is 0. The van der Waals surface area contributed by atoms with Crippen molar-refractivity contribution >= 4 is 12.4 Å². The number of carbonyl (C=O) groups excluding carboxylic acids is 1. The molecule has 2 aliphatic carbocycles. The lowest BCUT2D eigenvalue weighted by molar-refractivity contribution is -0.142. The minimum atomic E-state index is -0.911. The van der Waals surface area contributed by atoms with Crippen LogP contribution >= 0.6 is 0 Å². The van der Waals surface area contributed by atoms with E-state index in [1.54, 1.807) is 0 Å². The third-order valence-corrected chi connectivity index (χ3v) is 4.17. The number of amides is 1. The van der Waals surface area contributed by atoms with Crippen LogP contribution in [0.4, 0.5) is 0 Å². The molecule has 0 aromatic heterocycles. The number of rotatable bonds is 4. The van der Waals surface area contributed by atoms with E-state index in [0.717, 1.165) is 18.7 Å². The molecule has 0 aromatic carbocycles. The van der Waals surface area contributed by atoms with Gasteiger partial charge in [-0.2, -0.15) is 0 Å². The van der Waals surface area contributed by atoms with Gasteiger partial charge >= 0.3 is 5.97 Å². The predicted octanol–water partition coefficient (Wildman–Crippen LogP) is 1.50. The Bertz CT molecular complexity index is 279. The molecule has 2 aliphatic rings. The molecule has 0 heterocycles. The Morgan fingerprint density at radius 1 is 1.25 bits per heavy atom. The molecule has 3 unspecified atom stereocenters. The molecule has 1 N–H and O–H groups in total. The van der Waals surface area contributed by atoms with E-state index in [-0.39, 0.29) is 12.6 Å². The molecular formula is C12H19NO3. The van der Waals surface area contributed by atoms with E-state index in [2.05, 4.69) is 0 Å². The van der Waals surface area contributed by atoms with Gasteiger partial charge in [0.15, 0.2) is 0 Å². The van der Waals surface area contributed by atoms with Gasteiger partial charge in [-0.3, -0.25) is 9.59 Å². The second-order valence-electron chi connectivity index (χ2n) is 5.02. The normalized spacial score (nSPS) is 33.1. The fourth-order valence-corrected chi connectivity index (χ4v) is 3.50. The van der Waals surface area contributed by atoms with Crippen LogP contribution in [0.3, 0.4) is 0 Å². The first kappa shape index (κ1) is 11.4. The van der Waals surface area contributed by atoms with Gasteiger partial charge in [0.05, 0.1) is 0 Å². The van der Waals surface area contributed by atoms with Gasteiger partial charge in [0.1, 0.15) is 6.54 Å². The van der Waals surface area contributed by atoms with Crippen LogP contribution in [-0.4, -0.2) is 35.0 Å². The smallest absolute Gasteiger partial charge is 0.323 e. The van der Waals surface area contributed by atoms with Crippen molar-refractivity contribution in [2.45, 2.75) is 44.6 Å². The van der Waals surface area contributed by atoms with Crippen LogP contribution in [0.2, 0.25) is 0 Å². The number of fused-ring (bicyclic) bond motifs is 1. The molecule has 0 aliphatic heterocycles. The Morgan fingerprint density at radius 2 is 2.00 bits per heavy atom. The molecule has 4 nitrogen and oxygen atoms in total. The number of carbonyl (C=O) groups is 2. The lowest BCUT2D eigenvalue weighted by atomic mass is 9.80. The molecule has 0 aromatic rings. The maximum atomic E-state index is 11.0. The highest BCUT2D eigenvalue weighted by atomic mass is 16.4. The number of hydrogen-bond donors (Lipinski definition) is 1. The summed E-state index contributed by atoms with van der Waals surface area (Å²) >= 11 is 0. The Kier molecular flexibility index (Phi) is 3.46. The molecule has 90 valence electrons. The highest BCUT2D eigenvalue weighted by Crippen LogP contribution is 2.43. The van der Waals surface area contributed by atoms with E-state index in [1.807, 2.05) is 0 Å². The van der Waals surface area contributed by atoms with Gasteiger partial charge in [0, 0.05) is 6.04 Å². The molecule has 4 heteroatoms. The van der Waals surface area contributed by atoms with Crippen molar-refractivity contribution < 1.29 is 14.7 Å². The summed E-state index contributed by atoms with van der Waals surface area (Å²) in [6.45, 7) is -0.141. The summed E-state index contributed by atoms with van der Waals surface area (Å²) in [5, 5.41) is 8.77. The number of aliphatic carboxylic acids is 1. The molecule has 2 rings (SSSR count). The van der Waals surface area contributed by atoms with Crippen LogP contribution in [0.25, 0.3) is 0 Å². The number of nitrogens with zero attached hydrogens (tertiary/aromatic N) is 1. The van der Waals surface area contributed by atoms with E-state index in [0.29, 0.717) is 5.92 Å². The monoisotopic (exact) mass is 225 g/mol. The fraction of sp³-hybridized carbons (Fsp3) is 0.833. The molecule has 0 bridgehead atoms. The first-order valence-corrected chi connectivity index (χ1v) is 6.15. The van der Waals surface area contributed by atoms with Crippen LogP contribution in [0.15, 0.2) is 0 Å². The fourth-order valence-electron chi connectivity index (χ4n) is 3.50. The van der Waals surface area contributed by atoms with Crippen molar-refractivity contribution in [3.05, 3.63) is 0 Å². The van der Waals surface area contributed by atoms with Crippen LogP contribution < -0.4 is 0 Å². The molecule has 3 atom stereocenters. The zero-order valence-electron chi connectivity index (χ0n) is 9.47. The minimum absolute atomic E-state index is 0.141. The van der Waals surface area contributed by atoms with Crippen LogP contribution in [0.5, 0.6) is 0 Å². The van der Waals surface area contributed by atoms with E-state index in [4.69, 9.17) is 5.11 Å². The van der Waals surface area contributed by atoms with Crippen molar-refractivity contribution in [2.24, 2.45) is 11.8 Å². The van der Waals surface area contributed by atoms with Crippen molar-refractivity contribution in [1.82, 2.24) is 4.90 Å². The van der Waals surface area contributed by atoms with Gasteiger partial charge < -0.3 is 10.0 Å². The van der Waals surface area contributed by atoms with E-state index in [9.17, 15) is 9.59 Å². The van der Waals surface area contributed by atoms with Gasteiger partial charge in [-0.25, -0.2) is 0 Å². The summed E-state index contributed by atoms with van der Waals surface area (Å²) in [4.78, 5) is 23.1. The summed E-state index contributed by atoms with van der Waals surface area (Å²) in [6, 6.07) is 0.180. The Labute approximate surface area is 95.6 Å².